The lowest BCUT2D eigenvalue weighted by Gasteiger charge is -2.10. The van der Waals surface area contributed by atoms with E-state index < -0.39 is 0 Å². The Morgan fingerprint density at radius 3 is 2.89 bits per heavy atom. The van der Waals surface area contributed by atoms with Crippen molar-refractivity contribution >= 4 is 33.4 Å². The molecular weight excluding hydrogens is 334 g/mol. The lowest BCUT2D eigenvalue weighted by Crippen LogP contribution is -2.15. The zero-order chi connectivity index (χ0) is 13.8. The van der Waals surface area contributed by atoms with Crippen LogP contribution in [0.25, 0.3) is 0 Å². The third-order valence-electron chi connectivity index (χ3n) is 2.23. The highest BCUT2D eigenvalue weighted by Gasteiger charge is 2.12. The lowest BCUT2D eigenvalue weighted by atomic mass is 10.3. The van der Waals surface area contributed by atoms with Gasteiger partial charge >= 0.3 is 0 Å². The second-order valence-electron chi connectivity index (χ2n) is 3.51. The third kappa shape index (κ3) is 3.15. The molecule has 0 saturated carbocycles. The summed E-state index contributed by atoms with van der Waals surface area (Å²) in [6.45, 7) is 0. The SMILES string of the molecule is N/C(=N/O)c1ncccc1Oc1cc(Br)ccc1Cl. The summed E-state index contributed by atoms with van der Waals surface area (Å²) in [5, 5.41) is 12.1. The topological polar surface area (TPSA) is 80.7 Å². The molecular formula is C12H9BrClN3O2. The van der Waals surface area contributed by atoms with E-state index in [1.807, 2.05) is 0 Å². The summed E-state index contributed by atoms with van der Waals surface area (Å²) in [5.74, 6) is 0.649. The molecule has 0 saturated heterocycles. The molecule has 0 aliphatic heterocycles. The fraction of sp³-hybridized carbons (Fsp3) is 0. The minimum Gasteiger partial charge on any atom is -0.453 e. The van der Waals surface area contributed by atoms with Gasteiger partial charge in [0.25, 0.3) is 0 Å². The van der Waals surface area contributed by atoms with Gasteiger partial charge in [-0.15, -0.1) is 0 Å². The second-order valence-corrected chi connectivity index (χ2v) is 4.84. The largest absolute Gasteiger partial charge is 0.453 e. The van der Waals surface area contributed by atoms with Crippen LogP contribution >= 0.6 is 27.5 Å². The highest BCUT2D eigenvalue weighted by atomic mass is 79.9. The van der Waals surface area contributed by atoms with Crippen LogP contribution < -0.4 is 10.5 Å². The molecule has 3 N–H and O–H groups in total. The van der Waals surface area contributed by atoms with E-state index in [0.717, 1.165) is 4.47 Å². The molecule has 0 spiro atoms. The van der Waals surface area contributed by atoms with Crippen LogP contribution in [0.5, 0.6) is 11.5 Å². The smallest absolute Gasteiger partial charge is 0.192 e. The lowest BCUT2D eigenvalue weighted by molar-refractivity contribution is 0.318. The summed E-state index contributed by atoms with van der Waals surface area (Å²) in [6.07, 6.45) is 1.52. The van der Waals surface area contributed by atoms with Gasteiger partial charge in [0.15, 0.2) is 17.3 Å². The number of hydrogen-bond acceptors (Lipinski definition) is 4. The van der Waals surface area contributed by atoms with Crippen LogP contribution in [0.2, 0.25) is 5.02 Å². The zero-order valence-corrected chi connectivity index (χ0v) is 11.9. The van der Waals surface area contributed by atoms with Crippen molar-refractivity contribution in [2.75, 3.05) is 0 Å². The van der Waals surface area contributed by atoms with Crippen LogP contribution in [-0.4, -0.2) is 16.0 Å². The molecule has 1 aromatic heterocycles. The minimum absolute atomic E-state index is 0.137. The van der Waals surface area contributed by atoms with Crippen molar-refractivity contribution in [1.29, 1.82) is 0 Å². The van der Waals surface area contributed by atoms with Gasteiger partial charge in [0.05, 0.1) is 5.02 Å². The maximum absolute atomic E-state index is 8.71. The molecule has 0 bridgehead atoms. The van der Waals surface area contributed by atoms with Gasteiger partial charge in [-0.05, 0) is 30.3 Å². The number of ether oxygens (including phenoxy) is 1. The molecule has 7 heteroatoms. The maximum atomic E-state index is 8.71. The average molecular weight is 343 g/mol. The van der Waals surface area contributed by atoms with Crippen LogP contribution in [0.1, 0.15) is 5.69 Å². The molecule has 2 aromatic rings. The molecule has 0 aliphatic carbocycles. The van der Waals surface area contributed by atoms with Crippen molar-refractivity contribution in [3.05, 3.63) is 51.7 Å². The predicted molar refractivity (Wildman–Crippen MR) is 76.0 cm³/mol. The van der Waals surface area contributed by atoms with Crippen LogP contribution in [0.4, 0.5) is 0 Å². The van der Waals surface area contributed by atoms with Crippen LogP contribution in [0, 0.1) is 0 Å². The van der Waals surface area contributed by atoms with Crippen LogP contribution in [0.15, 0.2) is 46.2 Å². The Kier molecular flexibility index (Phi) is 4.24. The molecule has 0 fully saturated rings. The van der Waals surface area contributed by atoms with Gasteiger partial charge in [0.1, 0.15) is 5.75 Å². The number of nitrogens with zero attached hydrogens (tertiary/aromatic N) is 2. The minimum atomic E-state index is -0.137. The quantitative estimate of drug-likeness (QED) is 0.388. The summed E-state index contributed by atoms with van der Waals surface area (Å²) in [7, 11) is 0. The Bertz CT molecular complexity index is 634. The second kappa shape index (κ2) is 5.90. The Labute approximate surface area is 122 Å². The molecule has 98 valence electrons. The monoisotopic (exact) mass is 341 g/mol. The number of nitrogens with two attached hydrogens (primary N) is 1. The molecule has 0 unspecified atom stereocenters. The summed E-state index contributed by atoms with van der Waals surface area (Å²) >= 11 is 9.36. The first-order valence-corrected chi connectivity index (χ1v) is 6.34. The zero-order valence-electron chi connectivity index (χ0n) is 9.55. The van der Waals surface area contributed by atoms with Crippen molar-refractivity contribution in [2.24, 2.45) is 10.9 Å². The number of benzene rings is 1. The van der Waals surface area contributed by atoms with Gasteiger partial charge in [-0.1, -0.05) is 32.7 Å². The summed E-state index contributed by atoms with van der Waals surface area (Å²) in [4.78, 5) is 4.00. The van der Waals surface area contributed by atoms with Gasteiger partial charge in [0.2, 0.25) is 0 Å². The number of oxime groups is 1. The van der Waals surface area contributed by atoms with E-state index in [4.69, 9.17) is 27.3 Å². The molecule has 0 amide bonds. The number of pyridine rings is 1. The van der Waals surface area contributed by atoms with E-state index in [0.29, 0.717) is 16.5 Å². The van der Waals surface area contributed by atoms with Gasteiger partial charge in [-0.25, -0.2) is 4.98 Å². The molecule has 19 heavy (non-hydrogen) atoms. The van der Waals surface area contributed by atoms with Crippen molar-refractivity contribution in [3.63, 3.8) is 0 Å². The van der Waals surface area contributed by atoms with Crippen molar-refractivity contribution < 1.29 is 9.94 Å². The summed E-state index contributed by atoms with van der Waals surface area (Å²) in [6, 6.07) is 8.53. The first-order chi connectivity index (χ1) is 9.11. The van der Waals surface area contributed by atoms with Crippen LogP contribution in [-0.2, 0) is 0 Å². The molecule has 0 aliphatic rings. The van der Waals surface area contributed by atoms with Gasteiger partial charge in [-0.2, -0.15) is 0 Å². The Morgan fingerprint density at radius 1 is 1.37 bits per heavy atom. The van der Waals surface area contributed by atoms with Crippen molar-refractivity contribution in [2.45, 2.75) is 0 Å². The highest BCUT2D eigenvalue weighted by molar-refractivity contribution is 9.10. The first-order valence-electron chi connectivity index (χ1n) is 5.17. The van der Waals surface area contributed by atoms with Crippen LogP contribution in [0.3, 0.4) is 0 Å². The van der Waals surface area contributed by atoms with Gasteiger partial charge in [-0.3, -0.25) is 0 Å². The molecule has 0 radical (unpaired) electrons. The van der Waals surface area contributed by atoms with Gasteiger partial charge < -0.3 is 15.7 Å². The number of hydrogen-bond donors (Lipinski definition) is 2. The van der Waals surface area contributed by atoms with E-state index in [-0.39, 0.29) is 11.5 Å². The summed E-state index contributed by atoms with van der Waals surface area (Å²) < 4.78 is 6.47. The maximum Gasteiger partial charge on any atom is 0.192 e. The third-order valence-corrected chi connectivity index (χ3v) is 3.04. The van der Waals surface area contributed by atoms with E-state index in [2.05, 4.69) is 26.1 Å². The Morgan fingerprint density at radius 2 is 2.16 bits per heavy atom. The highest BCUT2D eigenvalue weighted by Crippen LogP contribution is 2.32. The summed E-state index contributed by atoms with van der Waals surface area (Å²) in [5.41, 5.74) is 5.77. The molecule has 0 atom stereocenters. The molecule has 2 rings (SSSR count). The number of halogens is 2. The van der Waals surface area contributed by atoms with E-state index in [9.17, 15) is 0 Å². The van der Waals surface area contributed by atoms with Crippen molar-refractivity contribution in [1.82, 2.24) is 4.98 Å². The Hall–Kier alpha value is -1.79. The molecule has 5 nitrogen and oxygen atoms in total. The van der Waals surface area contributed by atoms with Gasteiger partial charge in [0, 0.05) is 10.7 Å². The number of amidine groups is 1. The van der Waals surface area contributed by atoms with E-state index in [1.54, 1.807) is 30.3 Å². The first kappa shape index (κ1) is 13.6. The number of rotatable bonds is 3. The predicted octanol–water partition coefficient (Wildman–Crippen LogP) is 3.38. The van der Waals surface area contributed by atoms with E-state index in [1.165, 1.54) is 6.20 Å². The standard InChI is InChI=1S/C12H9BrClN3O2/c13-7-3-4-8(14)10(6-7)19-9-2-1-5-16-11(9)12(15)17-18/h1-6,18H,(H2,15,17). The molecule has 1 aromatic carbocycles. The fourth-order valence-electron chi connectivity index (χ4n) is 1.39. The van der Waals surface area contributed by atoms with Crippen molar-refractivity contribution in [3.8, 4) is 11.5 Å². The van der Waals surface area contributed by atoms with E-state index >= 15 is 0 Å². The fourth-order valence-corrected chi connectivity index (χ4v) is 1.88. The normalized spacial score (nSPS) is 11.4. The number of aromatic nitrogens is 1. The Balaban J connectivity index is 2.41. The average Bonchev–Trinajstić information content (AvgIpc) is 2.42. The molecule has 1 heterocycles.